The molecule has 2 aliphatic carbocycles. The van der Waals surface area contributed by atoms with Crippen molar-refractivity contribution in [2.24, 2.45) is 5.92 Å². The fourth-order valence-electron chi connectivity index (χ4n) is 3.99. The molecule has 2 saturated carbocycles. The predicted octanol–water partition coefficient (Wildman–Crippen LogP) is 6.16. The zero-order valence-corrected chi connectivity index (χ0v) is 14.5. The molecule has 0 aromatic carbocycles. The molecule has 2 nitrogen and oxygen atoms in total. The largest absolute Gasteiger partial charge is 0.380 e. The van der Waals surface area contributed by atoms with Crippen molar-refractivity contribution in [3.05, 3.63) is 23.0 Å². The van der Waals surface area contributed by atoms with Crippen LogP contribution < -0.4 is 5.32 Å². The highest BCUT2D eigenvalue weighted by Gasteiger charge is 2.26. The lowest BCUT2D eigenvalue weighted by Gasteiger charge is -2.34. The van der Waals surface area contributed by atoms with Crippen LogP contribution in [0, 0.1) is 5.92 Å². The van der Waals surface area contributed by atoms with Crippen LogP contribution in [-0.4, -0.2) is 11.0 Å². The summed E-state index contributed by atoms with van der Waals surface area (Å²) in [5.41, 5.74) is 2.53. The molecule has 1 atom stereocenters. The molecule has 2 aliphatic rings. The van der Waals surface area contributed by atoms with E-state index in [1.54, 1.807) is 0 Å². The lowest BCUT2D eigenvalue weighted by molar-refractivity contribution is 0.285. The summed E-state index contributed by atoms with van der Waals surface area (Å²) in [5.74, 6) is 1.46. The quantitative estimate of drug-likeness (QED) is 0.671. The third-order valence-corrected chi connectivity index (χ3v) is 6.00. The Morgan fingerprint density at radius 1 is 1.05 bits per heavy atom. The first kappa shape index (κ1) is 16.1. The summed E-state index contributed by atoms with van der Waals surface area (Å²) in [6.07, 6.45) is 15.4. The minimum absolute atomic E-state index is 0.503. The van der Waals surface area contributed by atoms with E-state index in [-0.39, 0.29) is 0 Å². The number of halogens is 1. The summed E-state index contributed by atoms with van der Waals surface area (Å²) >= 11 is 6.46. The van der Waals surface area contributed by atoms with Crippen LogP contribution in [0.15, 0.2) is 12.3 Å². The van der Waals surface area contributed by atoms with Crippen molar-refractivity contribution in [2.45, 2.75) is 83.1 Å². The van der Waals surface area contributed by atoms with Crippen molar-refractivity contribution in [3.8, 4) is 0 Å². The van der Waals surface area contributed by atoms with Crippen molar-refractivity contribution in [1.29, 1.82) is 0 Å². The molecule has 2 fully saturated rings. The van der Waals surface area contributed by atoms with Crippen molar-refractivity contribution < 1.29 is 0 Å². The molecule has 22 heavy (non-hydrogen) atoms. The monoisotopic (exact) mass is 320 g/mol. The molecule has 1 unspecified atom stereocenters. The van der Waals surface area contributed by atoms with E-state index >= 15 is 0 Å². The number of hydrogen-bond donors (Lipinski definition) is 1. The smallest absolute Gasteiger partial charge is 0.152 e. The predicted molar refractivity (Wildman–Crippen MR) is 94.7 cm³/mol. The van der Waals surface area contributed by atoms with Crippen molar-refractivity contribution in [3.63, 3.8) is 0 Å². The Balaban J connectivity index is 1.78. The minimum Gasteiger partial charge on any atom is -0.380 e. The molecule has 1 aromatic heterocycles. The van der Waals surface area contributed by atoms with Crippen LogP contribution in [0.2, 0.25) is 5.15 Å². The number of anilines is 1. The fourth-order valence-corrected chi connectivity index (χ4v) is 4.21. The van der Waals surface area contributed by atoms with E-state index < -0.39 is 0 Å². The Morgan fingerprint density at radius 3 is 2.36 bits per heavy atom. The Hall–Kier alpha value is -0.760. The molecular weight excluding hydrogens is 292 g/mol. The summed E-state index contributed by atoms with van der Waals surface area (Å²) < 4.78 is 0. The van der Waals surface area contributed by atoms with Gasteiger partial charge in [0.1, 0.15) is 0 Å². The highest BCUT2D eigenvalue weighted by atomic mass is 35.5. The summed E-state index contributed by atoms with van der Waals surface area (Å²) in [4.78, 5) is 4.34. The maximum Gasteiger partial charge on any atom is 0.152 e. The molecule has 0 amide bonds. The summed E-state index contributed by atoms with van der Waals surface area (Å²) in [6.45, 7) is 2.30. The van der Waals surface area contributed by atoms with Gasteiger partial charge >= 0.3 is 0 Å². The van der Waals surface area contributed by atoms with Gasteiger partial charge in [-0.15, -0.1) is 0 Å². The van der Waals surface area contributed by atoms with Gasteiger partial charge in [-0.25, -0.2) is 4.98 Å². The third kappa shape index (κ3) is 3.76. The second kappa shape index (κ2) is 7.68. The van der Waals surface area contributed by atoms with Gasteiger partial charge < -0.3 is 5.32 Å². The van der Waals surface area contributed by atoms with Gasteiger partial charge in [-0.1, -0.05) is 50.1 Å². The summed E-state index contributed by atoms with van der Waals surface area (Å²) in [7, 11) is 0. The van der Waals surface area contributed by atoms with Gasteiger partial charge in [0, 0.05) is 12.2 Å². The van der Waals surface area contributed by atoms with E-state index in [9.17, 15) is 0 Å². The van der Waals surface area contributed by atoms with Crippen LogP contribution in [0.3, 0.4) is 0 Å². The molecule has 0 radical (unpaired) electrons. The zero-order valence-electron chi connectivity index (χ0n) is 13.8. The third-order valence-electron chi connectivity index (χ3n) is 5.71. The molecular formula is C19H29ClN2. The maximum absolute atomic E-state index is 6.46. The van der Waals surface area contributed by atoms with Gasteiger partial charge in [0.15, 0.2) is 5.15 Å². The zero-order chi connectivity index (χ0) is 15.4. The molecule has 0 bridgehead atoms. The number of hydrogen-bond acceptors (Lipinski definition) is 2. The highest BCUT2D eigenvalue weighted by Crippen LogP contribution is 2.39. The molecule has 1 heterocycles. The number of nitrogens with zero attached hydrogens (tertiary/aromatic N) is 1. The van der Waals surface area contributed by atoms with E-state index in [1.165, 1.54) is 69.8 Å². The van der Waals surface area contributed by atoms with E-state index in [1.807, 2.05) is 6.20 Å². The normalized spacial score (nSPS) is 22.5. The van der Waals surface area contributed by atoms with Crippen LogP contribution in [0.1, 0.15) is 82.6 Å². The second-order valence-electron chi connectivity index (χ2n) is 7.23. The van der Waals surface area contributed by atoms with Gasteiger partial charge in [0.25, 0.3) is 0 Å². The standard InChI is InChI=1S/C19H29ClN2/c1-14(15-10-7-11-15)22-18-17(12-13-21-19(18)20)16-8-5-3-2-4-6-9-16/h12-16,22H,2-11H2,1H3. The van der Waals surface area contributed by atoms with Gasteiger partial charge in [-0.05, 0) is 56.1 Å². The number of nitrogens with one attached hydrogen (secondary N) is 1. The van der Waals surface area contributed by atoms with E-state index in [2.05, 4.69) is 23.3 Å². The van der Waals surface area contributed by atoms with Gasteiger partial charge in [-0.2, -0.15) is 0 Å². The number of rotatable bonds is 4. The maximum atomic E-state index is 6.46. The van der Waals surface area contributed by atoms with Gasteiger partial charge in [0.2, 0.25) is 0 Å². The minimum atomic E-state index is 0.503. The Kier molecular flexibility index (Phi) is 5.62. The Labute approximate surface area is 140 Å². The van der Waals surface area contributed by atoms with E-state index in [0.29, 0.717) is 17.1 Å². The van der Waals surface area contributed by atoms with Crippen LogP contribution in [0.5, 0.6) is 0 Å². The number of aromatic nitrogens is 1. The van der Waals surface area contributed by atoms with Crippen LogP contribution in [0.4, 0.5) is 5.69 Å². The first-order valence-corrected chi connectivity index (χ1v) is 9.54. The first-order chi connectivity index (χ1) is 10.8. The average Bonchev–Trinajstić information content (AvgIpc) is 2.39. The van der Waals surface area contributed by atoms with Crippen LogP contribution in [-0.2, 0) is 0 Å². The van der Waals surface area contributed by atoms with E-state index in [4.69, 9.17) is 11.6 Å². The summed E-state index contributed by atoms with van der Waals surface area (Å²) in [6, 6.07) is 2.70. The molecule has 122 valence electrons. The Morgan fingerprint density at radius 2 is 1.73 bits per heavy atom. The van der Waals surface area contributed by atoms with Gasteiger partial charge in [-0.3, -0.25) is 0 Å². The second-order valence-corrected chi connectivity index (χ2v) is 7.59. The molecule has 3 heteroatoms. The average molecular weight is 321 g/mol. The Bertz CT molecular complexity index is 476. The van der Waals surface area contributed by atoms with Crippen molar-refractivity contribution in [2.75, 3.05) is 5.32 Å². The SMILES string of the molecule is CC(Nc1c(C2CCCCCCC2)ccnc1Cl)C1CCC1. The van der Waals surface area contributed by atoms with Gasteiger partial charge in [0.05, 0.1) is 5.69 Å². The van der Waals surface area contributed by atoms with Crippen molar-refractivity contribution in [1.82, 2.24) is 4.98 Å². The molecule has 1 aromatic rings. The molecule has 0 saturated heterocycles. The lowest BCUT2D eigenvalue weighted by atomic mass is 9.80. The molecule has 3 rings (SSSR count). The van der Waals surface area contributed by atoms with E-state index in [0.717, 1.165) is 11.6 Å². The topological polar surface area (TPSA) is 24.9 Å². The molecule has 0 spiro atoms. The first-order valence-electron chi connectivity index (χ1n) is 9.16. The summed E-state index contributed by atoms with van der Waals surface area (Å²) in [5, 5.41) is 4.38. The lowest BCUT2D eigenvalue weighted by Crippen LogP contribution is -2.31. The molecule has 0 aliphatic heterocycles. The van der Waals surface area contributed by atoms with Crippen LogP contribution in [0.25, 0.3) is 0 Å². The molecule has 1 N–H and O–H groups in total. The van der Waals surface area contributed by atoms with Crippen molar-refractivity contribution >= 4 is 17.3 Å². The number of pyridine rings is 1. The highest BCUT2D eigenvalue weighted by molar-refractivity contribution is 6.32. The fraction of sp³-hybridized carbons (Fsp3) is 0.737. The van der Waals surface area contributed by atoms with Crippen LogP contribution >= 0.6 is 11.6 Å².